The van der Waals surface area contributed by atoms with Crippen molar-refractivity contribution >= 4 is 35.0 Å². The number of carbonyl (C=O) groups is 1. The number of hydrogen-bond donors (Lipinski definition) is 1. The van der Waals surface area contributed by atoms with Crippen LogP contribution >= 0.6 is 23.4 Å². The molecular weight excluding hydrogens is 277 g/mol. The molecule has 18 heavy (non-hydrogen) atoms. The summed E-state index contributed by atoms with van der Waals surface area (Å²) in [6.07, 6.45) is 0. The molecule has 3 nitrogen and oxygen atoms in total. The number of carbonyl (C=O) groups excluding carboxylic acids is 1. The van der Waals surface area contributed by atoms with Gasteiger partial charge in [-0.3, -0.25) is 0 Å². The van der Waals surface area contributed by atoms with E-state index in [1.807, 2.05) is 0 Å². The summed E-state index contributed by atoms with van der Waals surface area (Å²) < 4.78 is 18.3. The molecule has 0 unspecified atom stereocenters. The Morgan fingerprint density at radius 2 is 2.28 bits per heavy atom. The lowest BCUT2D eigenvalue weighted by Gasteiger charge is -2.21. The lowest BCUT2D eigenvalue weighted by atomic mass is 10.3. The van der Waals surface area contributed by atoms with Crippen LogP contribution < -0.4 is 5.32 Å². The van der Waals surface area contributed by atoms with Gasteiger partial charge in [-0.1, -0.05) is 23.4 Å². The number of benzene rings is 1. The van der Waals surface area contributed by atoms with Crippen molar-refractivity contribution in [3.8, 4) is 0 Å². The van der Waals surface area contributed by atoms with Crippen LogP contribution in [0.2, 0.25) is 5.02 Å². The Balaban J connectivity index is 2.34. The van der Waals surface area contributed by atoms with E-state index in [2.05, 4.69) is 5.32 Å². The Hall–Kier alpha value is -1.20. The van der Waals surface area contributed by atoms with Crippen LogP contribution in [-0.4, -0.2) is 12.6 Å². The average molecular weight is 288 g/mol. The summed E-state index contributed by atoms with van der Waals surface area (Å²) in [5.74, 6) is -0.916. The topological polar surface area (TPSA) is 38.3 Å². The van der Waals surface area contributed by atoms with Crippen LogP contribution in [0.25, 0.3) is 0 Å². The molecule has 1 aromatic rings. The standard InChI is InChI=1S/C12H11ClFNO2S/c1-3-17-12(16)11-6(2)15-9-4-7(13)8(14)5-10(9)18-11/h4-5,15H,3H2,1-2H3. The maximum Gasteiger partial charge on any atom is 0.346 e. The van der Waals surface area contributed by atoms with Gasteiger partial charge >= 0.3 is 5.97 Å². The number of hydrogen-bond acceptors (Lipinski definition) is 4. The van der Waals surface area contributed by atoms with Crippen LogP contribution in [0.1, 0.15) is 13.8 Å². The number of nitrogens with one attached hydrogen (secondary N) is 1. The molecule has 1 aromatic carbocycles. The molecule has 0 saturated heterocycles. The molecule has 0 saturated carbocycles. The summed E-state index contributed by atoms with van der Waals surface area (Å²) in [6.45, 7) is 3.81. The number of esters is 1. The van der Waals surface area contributed by atoms with Gasteiger partial charge < -0.3 is 10.1 Å². The van der Waals surface area contributed by atoms with Gasteiger partial charge in [0, 0.05) is 10.6 Å². The molecule has 0 radical (unpaired) electrons. The van der Waals surface area contributed by atoms with Crippen LogP contribution in [0, 0.1) is 5.82 Å². The van der Waals surface area contributed by atoms with Gasteiger partial charge in [0.1, 0.15) is 10.7 Å². The van der Waals surface area contributed by atoms with E-state index in [0.29, 0.717) is 27.8 Å². The van der Waals surface area contributed by atoms with E-state index in [-0.39, 0.29) is 5.02 Å². The minimum Gasteiger partial charge on any atom is -0.462 e. The van der Waals surface area contributed by atoms with E-state index in [1.165, 1.54) is 23.9 Å². The minimum atomic E-state index is -0.507. The van der Waals surface area contributed by atoms with Crippen LogP contribution in [-0.2, 0) is 9.53 Å². The third-order valence-electron chi connectivity index (χ3n) is 2.36. The number of thioether (sulfide) groups is 1. The normalized spacial score (nSPS) is 14.0. The van der Waals surface area contributed by atoms with E-state index in [4.69, 9.17) is 16.3 Å². The van der Waals surface area contributed by atoms with Crippen molar-refractivity contribution in [2.24, 2.45) is 0 Å². The van der Waals surface area contributed by atoms with Crippen molar-refractivity contribution in [3.05, 3.63) is 33.6 Å². The zero-order valence-electron chi connectivity index (χ0n) is 9.84. The lowest BCUT2D eigenvalue weighted by molar-refractivity contribution is -0.137. The quantitative estimate of drug-likeness (QED) is 0.840. The van der Waals surface area contributed by atoms with E-state index >= 15 is 0 Å². The molecule has 0 fully saturated rings. The molecule has 0 aromatic heterocycles. The molecule has 0 bridgehead atoms. The average Bonchev–Trinajstić information content (AvgIpc) is 2.31. The number of anilines is 1. The molecule has 2 rings (SSSR count). The van der Waals surface area contributed by atoms with Crippen molar-refractivity contribution < 1.29 is 13.9 Å². The maximum atomic E-state index is 13.4. The second kappa shape index (κ2) is 5.20. The summed E-state index contributed by atoms with van der Waals surface area (Å²) in [7, 11) is 0. The summed E-state index contributed by atoms with van der Waals surface area (Å²) >= 11 is 6.89. The summed E-state index contributed by atoms with van der Waals surface area (Å²) in [5.41, 5.74) is 1.37. The lowest BCUT2D eigenvalue weighted by Crippen LogP contribution is -2.14. The highest BCUT2D eigenvalue weighted by atomic mass is 35.5. The monoisotopic (exact) mass is 287 g/mol. The Morgan fingerprint density at radius 3 is 2.94 bits per heavy atom. The Bertz CT molecular complexity index is 545. The minimum absolute atomic E-state index is 0.0502. The first-order valence-corrected chi connectivity index (χ1v) is 6.54. The van der Waals surface area contributed by atoms with Gasteiger partial charge in [-0.15, -0.1) is 0 Å². The molecule has 1 aliphatic rings. The fourth-order valence-electron chi connectivity index (χ4n) is 1.55. The molecule has 0 amide bonds. The number of fused-ring (bicyclic) bond motifs is 1. The zero-order valence-corrected chi connectivity index (χ0v) is 11.4. The van der Waals surface area contributed by atoms with Gasteiger partial charge in [0.2, 0.25) is 0 Å². The van der Waals surface area contributed by atoms with Crippen LogP contribution in [0.15, 0.2) is 27.6 Å². The van der Waals surface area contributed by atoms with E-state index in [9.17, 15) is 9.18 Å². The number of rotatable bonds is 2. The van der Waals surface area contributed by atoms with Gasteiger partial charge in [-0.25, -0.2) is 9.18 Å². The highest BCUT2D eigenvalue weighted by molar-refractivity contribution is 8.04. The van der Waals surface area contributed by atoms with Crippen molar-refractivity contribution in [3.63, 3.8) is 0 Å². The fourth-order valence-corrected chi connectivity index (χ4v) is 2.66. The summed E-state index contributed by atoms with van der Waals surface area (Å²) in [6, 6.07) is 2.81. The first-order valence-electron chi connectivity index (χ1n) is 5.34. The smallest absolute Gasteiger partial charge is 0.346 e. The molecule has 0 aliphatic carbocycles. The molecule has 1 N–H and O–H groups in total. The van der Waals surface area contributed by atoms with Gasteiger partial charge in [0.15, 0.2) is 0 Å². The van der Waals surface area contributed by atoms with Crippen molar-refractivity contribution in [1.82, 2.24) is 0 Å². The Labute approximate surface area is 113 Å². The summed E-state index contributed by atoms with van der Waals surface area (Å²) in [4.78, 5) is 12.8. The van der Waals surface area contributed by atoms with E-state index in [0.717, 1.165) is 0 Å². The molecule has 0 spiro atoms. The highest BCUT2D eigenvalue weighted by Crippen LogP contribution is 2.41. The molecule has 96 valence electrons. The third kappa shape index (κ3) is 2.47. The second-order valence-electron chi connectivity index (χ2n) is 3.66. The Kier molecular flexibility index (Phi) is 3.82. The fraction of sp³-hybridized carbons (Fsp3) is 0.250. The number of halogens is 2. The highest BCUT2D eigenvalue weighted by Gasteiger charge is 2.23. The van der Waals surface area contributed by atoms with Crippen molar-refractivity contribution in [2.45, 2.75) is 18.7 Å². The maximum absolute atomic E-state index is 13.4. The first-order chi connectivity index (χ1) is 8.52. The van der Waals surface area contributed by atoms with Gasteiger partial charge in [0.25, 0.3) is 0 Å². The summed E-state index contributed by atoms with van der Waals surface area (Å²) in [5, 5.41) is 3.07. The molecular formula is C12H11ClFNO2S. The zero-order chi connectivity index (χ0) is 13.3. The number of ether oxygens (including phenoxy) is 1. The number of allylic oxidation sites excluding steroid dienone is 1. The van der Waals surface area contributed by atoms with Gasteiger partial charge in [-0.2, -0.15) is 0 Å². The second-order valence-corrected chi connectivity index (χ2v) is 5.12. The van der Waals surface area contributed by atoms with Crippen LogP contribution in [0.5, 0.6) is 0 Å². The SMILES string of the molecule is CCOC(=O)C1=C(C)Nc2cc(Cl)c(F)cc2S1. The predicted molar refractivity (Wildman–Crippen MR) is 70.2 cm³/mol. The van der Waals surface area contributed by atoms with Crippen molar-refractivity contribution in [1.29, 1.82) is 0 Å². The van der Waals surface area contributed by atoms with Crippen LogP contribution in [0.3, 0.4) is 0 Å². The molecule has 6 heteroatoms. The first kappa shape index (κ1) is 13.2. The third-order valence-corrected chi connectivity index (χ3v) is 3.88. The largest absolute Gasteiger partial charge is 0.462 e. The predicted octanol–water partition coefficient (Wildman–Crippen LogP) is 3.79. The Morgan fingerprint density at radius 1 is 1.56 bits per heavy atom. The van der Waals surface area contributed by atoms with E-state index in [1.54, 1.807) is 13.8 Å². The molecule has 1 aliphatic heterocycles. The van der Waals surface area contributed by atoms with Gasteiger partial charge in [-0.05, 0) is 26.0 Å². The van der Waals surface area contributed by atoms with Gasteiger partial charge in [0.05, 0.1) is 17.3 Å². The molecule has 1 heterocycles. The van der Waals surface area contributed by atoms with Crippen molar-refractivity contribution in [2.75, 3.05) is 11.9 Å². The molecule has 0 atom stereocenters. The van der Waals surface area contributed by atoms with E-state index < -0.39 is 11.8 Å². The van der Waals surface area contributed by atoms with Crippen LogP contribution in [0.4, 0.5) is 10.1 Å².